The van der Waals surface area contributed by atoms with E-state index >= 15 is 0 Å². The van der Waals surface area contributed by atoms with Crippen molar-refractivity contribution < 1.29 is 19.7 Å². The van der Waals surface area contributed by atoms with Crippen molar-refractivity contribution in [2.45, 2.75) is 31.5 Å². The number of carbonyl (C=O) groups excluding carboxylic acids is 1. The molecule has 4 unspecified atom stereocenters. The third-order valence-electron chi connectivity index (χ3n) is 4.74. The number of aromatic nitrogens is 5. The number of nitrogens with zero attached hydrogens (tertiary/aromatic N) is 5. The largest absolute Gasteiger partial charge is 0.387 e. The van der Waals surface area contributed by atoms with Crippen LogP contribution in [0.25, 0.3) is 22.6 Å². The Kier molecular flexibility index (Phi) is 5.52. The fraction of sp³-hybridized carbons (Fsp3) is 0.389. The predicted molar refractivity (Wildman–Crippen MR) is 108 cm³/mol. The van der Waals surface area contributed by atoms with Gasteiger partial charge < -0.3 is 25.6 Å². The first kappa shape index (κ1) is 20.4. The summed E-state index contributed by atoms with van der Waals surface area (Å²) in [6, 6.07) is 1.67. The van der Waals surface area contributed by atoms with Crippen LogP contribution in [0.5, 0.6) is 0 Å². The average Bonchev–Trinajstić information content (AvgIpc) is 3.29. The number of hydrogen-bond donors (Lipinski definition) is 4. The molecule has 1 aliphatic rings. The minimum Gasteiger partial charge on any atom is -0.387 e. The topological polar surface area (TPSA) is 147 Å². The first-order chi connectivity index (χ1) is 14.4. The summed E-state index contributed by atoms with van der Waals surface area (Å²) in [5.41, 5.74) is 1.36. The SMILES string of the molecule is CCNC(=O)C1OC(n2cnc3c(NC)nc(-c4cncc(Cl)c4)nc32)C(O)C1O. The van der Waals surface area contributed by atoms with Gasteiger partial charge in [-0.2, -0.15) is 0 Å². The molecule has 1 aliphatic heterocycles. The number of hydrogen-bond acceptors (Lipinski definition) is 9. The first-order valence-corrected chi connectivity index (χ1v) is 9.65. The van der Waals surface area contributed by atoms with Crippen LogP contribution >= 0.6 is 11.6 Å². The van der Waals surface area contributed by atoms with Crippen LogP contribution in [0.4, 0.5) is 5.82 Å². The average molecular weight is 434 g/mol. The number of carbonyl (C=O) groups is 1. The van der Waals surface area contributed by atoms with Crippen molar-refractivity contribution in [3.8, 4) is 11.4 Å². The third kappa shape index (κ3) is 3.45. The Morgan fingerprint density at radius 1 is 1.30 bits per heavy atom. The summed E-state index contributed by atoms with van der Waals surface area (Å²) >= 11 is 6.04. The van der Waals surface area contributed by atoms with Crippen molar-refractivity contribution in [2.24, 2.45) is 0 Å². The molecule has 4 heterocycles. The van der Waals surface area contributed by atoms with Gasteiger partial charge in [0.15, 0.2) is 35.1 Å². The van der Waals surface area contributed by atoms with E-state index in [9.17, 15) is 15.0 Å². The highest BCUT2D eigenvalue weighted by Gasteiger charge is 2.47. The molecule has 0 saturated carbocycles. The zero-order chi connectivity index (χ0) is 21.4. The summed E-state index contributed by atoms with van der Waals surface area (Å²) in [4.78, 5) is 29.5. The van der Waals surface area contributed by atoms with Crippen LogP contribution in [0.1, 0.15) is 13.2 Å². The van der Waals surface area contributed by atoms with Gasteiger partial charge in [0.05, 0.1) is 11.3 Å². The van der Waals surface area contributed by atoms with Gasteiger partial charge >= 0.3 is 0 Å². The van der Waals surface area contributed by atoms with Crippen LogP contribution in [0.15, 0.2) is 24.8 Å². The molecule has 3 aromatic heterocycles. The molecule has 4 rings (SSSR count). The predicted octanol–water partition coefficient (Wildman–Crippen LogP) is 0.339. The lowest BCUT2D eigenvalue weighted by molar-refractivity contribution is -0.137. The molecule has 0 aromatic carbocycles. The number of halogens is 1. The summed E-state index contributed by atoms with van der Waals surface area (Å²) in [5, 5.41) is 26.8. The summed E-state index contributed by atoms with van der Waals surface area (Å²) in [6.45, 7) is 2.12. The van der Waals surface area contributed by atoms with Gasteiger partial charge in [0.1, 0.15) is 12.2 Å². The maximum Gasteiger partial charge on any atom is 0.252 e. The molecule has 0 radical (unpaired) electrons. The molecule has 3 aromatic rings. The Morgan fingerprint density at radius 2 is 2.10 bits per heavy atom. The number of pyridine rings is 1. The number of nitrogens with one attached hydrogen (secondary N) is 2. The second-order valence-electron chi connectivity index (χ2n) is 6.68. The highest BCUT2D eigenvalue weighted by Crippen LogP contribution is 2.33. The van der Waals surface area contributed by atoms with Crippen LogP contribution in [0, 0.1) is 0 Å². The summed E-state index contributed by atoms with van der Waals surface area (Å²) in [6.07, 6.45) is -0.560. The summed E-state index contributed by atoms with van der Waals surface area (Å²) in [5.74, 6) is 0.270. The fourth-order valence-electron chi connectivity index (χ4n) is 3.32. The molecule has 1 amide bonds. The number of rotatable bonds is 5. The number of anilines is 1. The van der Waals surface area contributed by atoms with E-state index in [2.05, 4.69) is 30.6 Å². The zero-order valence-corrected chi connectivity index (χ0v) is 16.9. The lowest BCUT2D eigenvalue weighted by atomic mass is 10.1. The number of aliphatic hydroxyl groups excluding tert-OH is 2. The van der Waals surface area contributed by atoms with Crippen LogP contribution in [0.3, 0.4) is 0 Å². The highest BCUT2D eigenvalue weighted by atomic mass is 35.5. The van der Waals surface area contributed by atoms with Gasteiger partial charge in [0.2, 0.25) is 0 Å². The van der Waals surface area contributed by atoms with Gasteiger partial charge in [0.25, 0.3) is 5.91 Å². The smallest absolute Gasteiger partial charge is 0.252 e. The Balaban J connectivity index is 1.78. The van der Waals surface area contributed by atoms with Crippen LogP contribution < -0.4 is 10.6 Å². The van der Waals surface area contributed by atoms with Crippen molar-refractivity contribution in [1.82, 2.24) is 29.8 Å². The van der Waals surface area contributed by atoms with Gasteiger partial charge in [-0.25, -0.2) is 15.0 Å². The Labute approximate surface area is 176 Å². The number of ether oxygens (including phenoxy) is 1. The zero-order valence-electron chi connectivity index (χ0n) is 16.2. The maximum absolute atomic E-state index is 12.2. The number of likely N-dealkylation sites (N-methyl/N-ethyl adjacent to an activating group) is 1. The van der Waals surface area contributed by atoms with Crippen LogP contribution in [0.2, 0.25) is 5.02 Å². The third-order valence-corrected chi connectivity index (χ3v) is 4.95. The summed E-state index contributed by atoms with van der Waals surface area (Å²) in [7, 11) is 1.69. The van der Waals surface area contributed by atoms with Gasteiger partial charge in [-0.1, -0.05) is 11.6 Å². The Hall–Kier alpha value is -2.86. The number of imidazole rings is 1. The normalized spacial score (nSPS) is 23.6. The molecular formula is C18H20ClN7O4. The minimum absolute atomic E-state index is 0.330. The van der Waals surface area contributed by atoms with E-state index in [0.717, 1.165) is 0 Å². The molecular weight excluding hydrogens is 414 g/mol. The quantitative estimate of drug-likeness (QED) is 0.447. The highest BCUT2D eigenvalue weighted by molar-refractivity contribution is 6.30. The lowest BCUT2D eigenvalue weighted by Gasteiger charge is -2.17. The summed E-state index contributed by atoms with van der Waals surface area (Å²) < 4.78 is 7.15. The van der Waals surface area contributed by atoms with Crippen molar-refractivity contribution in [3.05, 3.63) is 29.8 Å². The molecule has 1 fully saturated rings. The molecule has 0 spiro atoms. The van der Waals surface area contributed by atoms with Gasteiger partial charge in [0, 0.05) is 31.5 Å². The Morgan fingerprint density at radius 3 is 2.80 bits per heavy atom. The number of aliphatic hydroxyl groups is 2. The lowest BCUT2D eigenvalue weighted by Crippen LogP contribution is -2.42. The van der Waals surface area contributed by atoms with E-state index in [1.807, 2.05) is 0 Å². The van der Waals surface area contributed by atoms with Crippen LogP contribution in [-0.4, -0.2) is 72.5 Å². The second-order valence-corrected chi connectivity index (χ2v) is 7.12. The van der Waals surface area contributed by atoms with Gasteiger partial charge in [-0.3, -0.25) is 14.3 Å². The van der Waals surface area contributed by atoms with Crippen molar-refractivity contribution in [1.29, 1.82) is 0 Å². The molecule has 0 aliphatic carbocycles. The molecule has 4 N–H and O–H groups in total. The Bertz CT molecular complexity index is 1090. The second kappa shape index (κ2) is 8.11. The first-order valence-electron chi connectivity index (χ1n) is 9.27. The van der Waals surface area contributed by atoms with Gasteiger partial charge in [-0.15, -0.1) is 0 Å². The van der Waals surface area contributed by atoms with Crippen molar-refractivity contribution >= 4 is 34.5 Å². The van der Waals surface area contributed by atoms with Crippen molar-refractivity contribution in [2.75, 3.05) is 18.9 Å². The maximum atomic E-state index is 12.2. The number of fused-ring (bicyclic) bond motifs is 1. The van der Waals surface area contributed by atoms with Crippen LogP contribution in [-0.2, 0) is 9.53 Å². The van der Waals surface area contributed by atoms with E-state index in [1.54, 1.807) is 26.2 Å². The molecule has 4 atom stereocenters. The van der Waals surface area contributed by atoms with E-state index in [-0.39, 0.29) is 0 Å². The van der Waals surface area contributed by atoms with Crippen molar-refractivity contribution in [3.63, 3.8) is 0 Å². The molecule has 0 bridgehead atoms. The van der Waals surface area contributed by atoms with E-state index in [1.165, 1.54) is 17.1 Å². The standard InChI is InChI=1S/C18H20ClN7O4/c1-3-22-17(29)13-11(27)12(28)18(30-13)26-7-23-10-15(20-2)24-14(25-16(10)26)8-4-9(19)6-21-5-8/h4-7,11-13,18,27-28H,3H2,1-2H3,(H,22,29)(H,20,24,25). The van der Waals surface area contributed by atoms with E-state index in [0.29, 0.717) is 39.9 Å². The van der Waals surface area contributed by atoms with E-state index in [4.69, 9.17) is 16.3 Å². The van der Waals surface area contributed by atoms with Gasteiger partial charge in [-0.05, 0) is 13.0 Å². The monoisotopic (exact) mass is 433 g/mol. The minimum atomic E-state index is -1.40. The molecule has 12 heteroatoms. The molecule has 1 saturated heterocycles. The molecule has 158 valence electrons. The van der Waals surface area contributed by atoms with E-state index < -0.39 is 30.4 Å². The molecule has 11 nitrogen and oxygen atoms in total. The number of amides is 1. The molecule has 30 heavy (non-hydrogen) atoms. The fourth-order valence-corrected chi connectivity index (χ4v) is 3.50.